The second kappa shape index (κ2) is 9.30. The summed E-state index contributed by atoms with van der Waals surface area (Å²) in [5.41, 5.74) is 2.58. The fraction of sp³-hybridized carbons (Fsp3) is 0.250. The molecular weight excluding hydrogens is 364 g/mol. The van der Waals surface area contributed by atoms with Crippen LogP contribution in [0.2, 0.25) is 5.02 Å². The Morgan fingerprint density at radius 3 is 2.70 bits per heavy atom. The molecule has 7 heteroatoms. The van der Waals surface area contributed by atoms with E-state index in [-0.39, 0.29) is 12.5 Å². The first kappa shape index (κ1) is 19.1. The van der Waals surface area contributed by atoms with E-state index in [4.69, 9.17) is 11.6 Å². The van der Waals surface area contributed by atoms with Crippen molar-refractivity contribution in [3.8, 4) is 11.3 Å². The molecule has 2 N–H and O–H groups in total. The standard InChI is InChI=1S/C20H21ClN4O2/c21-16-9-7-15(8-10-16)18-14-19(25(24-18)12-13-26)23-20(27)6-3-5-17-4-1-2-11-22-17/h1-2,4,7-11,14,26H,3,5-6,12-13H2,(H,23,27). The van der Waals surface area contributed by atoms with Crippen LogP contribution in [0.3, 0.4) is 0 Å². The number of carbonyl (C=O) groups excluding carboxylic acids is 1. The Hall–Kier alpha value is -2.70. The minimum atomic E-state index is -0.0901. The second-order valence-corrected chi connectivity index (χ2v) is 6.53. The monoisotopic (exact) mass is 384 g/mol. The molecule has 0 atom stereocenters. The Kier molecular flexibility index (Phi) is 6.57. The number of hydrogen-bond donors (Lipinski definition) is 2. The van der Waals surface area contributed by atoms with Crippen LogP contribution >= 0.6 is 11.6 Å². The third-order valence-electron chi connectivity index (χ3n) is 4.06. The normalized spacial score (nSPS) is 10.7. The van der Waals surface area contributed by atoms with E-state index in [0.29, 0.717) is 35.9 Å². The van der Waals surface area contributed by atoms with Gasteiger partial charge in [0.15, 0.2) is 0 Å². The van der Waals surface area contributed by atoms with Crippen molar-refractivity contribution in [1.82, 2.24) is 14.8 Å². The first-order chi connectivity index (χ1) is 13.2. The van der Waals surface area contributed by atoms with Crippen LogP contribution in [0.1, 0.15) is 18.5 Å². The van der Waals surface area contributed by atoms with E-state index in [1.165, 1.54) is 0 Å². The third kappa shape index (κ3) is 5.39. The summed E-state index contributed by atoms with van der Waals surface area (Å²) >= 11 is 5.93. The summed E-state index contributed by atoms with van der Waals surface area (Å²) in [6.07, 6.45) is 3.60. The number of nitrogens with one attached hydrogen (secondary N) is 1. The number of rotatable bonds is 8. The van der Waals surface area contributed by atoms with E-state index in [1.54, 1.807) is 29.1 Å². The average molecular weight is 385 g/mol. The van der Waals surface area contributed by atoms with Gasteiger partial charge < -0.3 is 10.4 Å². The second-order valence-electron chi connectivity index (χ2n) is 6.09. The van der Waals surface area contributed by atoms with Gasteiger partial charge >= 0.3 is 0 Å². The molecule has 3 rings (SSSR count). The van der Waals surface area contributed by atoms with Crippen LogP contribution in [0, 0.1) is 0 Å². The summed E-state index contributed by atoms with van der Waals surface area (Å²) in [4.78, 5) is 16.6. The topological polar surface area (TPSA) is 80.0 Å². The number of anilines is 1. The van der Waals surface area contributed by atoms with Crippen molar-refractivity contribution in [3.05, 3.63) is 65.4 Å². The molecule has 0 aliphatic carbocycles. The number of benzene rings is 1. The van der Waals surface area contributed by atoms with Crippen LogP contribution in [-0.2, 0) is 17.8 Å². The molecule has 0 unspecified atom stereocenters. The molecule has 2 aromatic heterocycles. The van der Waals surface area contributed by atoms with Gasteiger partial charge in [-0.3, -0.25) is 9.78 Å². The zero-order valence-corrected chi connectivity index (χ0v) is 15.6. The van der Waals surface area contributed by atoms with Gasteiger partial charge in [-0.05, 0) is 37.1 Å². The van der Waals surface area contributed by atoms with Crippen LogP contribution in [-0.4, -0.2) is 32.4 Å². The van der Waals surface area contributed by atoms with Gasteiger partial charge in [0.1, 0.15) is 5.82 Å². The van der Waals surface area contributed by atoms with Gasteiger partial charge in [-0.25, -0.2) is 4.68 Å². The third-order valence-corrected chi connectivity index (χ3v) is 4.31. The number of halogens is 1. The molecule has 0 spiro atoms. The van der Waals surface area contributed by atoms with Crippen LogP contribution in [0.25, 0.3) is 11.3 Å². The molecule has 27 heavy (non-hydrogen) atoms. The molecule has 0 aliphatic rings. The number of carbonyl (C=O) groups is 1. The van der Waals surface area contributed by atoms with Crippen molar-refractivity contribution < 1.29 is 9.90 Å². The van der Waals surface area contributed by atoms with Gasteiger partial charge in [0.2, 0.25) is 5.91 Å². The Balaban J connectivity index is 1.64. The first-order valence-corrected chi connectivity index (χ1v) is 9.18. The molecule has 0 fully saturated rings. The highest BCUT2D eigenvalue weighted by Gasteiger charge is 2.12. The summed E-state index contributed by atoms with van der Waals surface area (Å²) < 4.78 is 1.60. The molecule has 1 aromatic carbocycles. The quantitative estimate of drug-likeness (QED) is 0.622. The minimum absolute atomic E-state index is 0.0652. The van der Waals surface area contributed by atoms with Gasteiger partial charge in [-0.2, -0.15) is 5.10 Å². The lowest BCUT2D eigenvalue weighted by Crippen LogP contribution is -2.16. The smallest absolute Gasteiger partial charge is 0.225 e. The SMILES string of the molecule is O=C(CCCc1ccccn1)Nc1cc(-c2ccc(Cl)cc2)nn1CCO. The number of hydrogen-bond acceptors (Lipinski definition) is 4. The van der Waals surface area contributed by atoms with Gasteiger partial charge in [-0.1, -0.05) is 29.8 Å². The maximum Gasteiger partial charge on any atom is 0.225 e. The number of aliphatic hydroxyl groups is 1. The van der Waals surface area contributed by atoms with Crippen molar-refractivity contribution in [1.29, 1.82) is 0 Å². The predicted octanol–water partition coefficient (Wildman–Crippen LogP) is 3.55. The van der Waals surface area contributed by atoms with Crippen molar-refractivity contribution in [3.63, 3.8) is 0 Å². The zero-order chi connectivity index (χ0) is 19.1. The molecule has 0 aliphatic heterocycles. The molecule has 3 aromatic rings. The summed E-state index contributed by atoms with van der Waals surface area (Å²) in [6.45, 7) is 0.238. The van der Waals surface area contributed by atoms with E-state index in [0.717, 1.165) is 17.7 Å². The molecule has 6 nitrogen and oxygen atoms in total. The molecule has 0 saturated heterocycles. The number of amides is 1. The zero-order valence-electron chi connectivity index (χ0n) is 14.8. The van der Waals surface area contributed by atoms with Gasteiger partial charge in [0, 0.05) is 35.0 Å². The molecule has 0 radical (unpaired) electrons. The Morgan fingerprint density at radius 2 is 2.00 bits per heavy atom. The first-order valence-electron chi connectivity index (χ1n) is 8.80. The van der Waals surface area contributed by atoms with Crippen molar-refractivity contribution >= 4 is 23.3 Å². The van der Waals surface area contributed by atoms with Crippen molar-refractivity contribution in [2.45, 2.75) is 25.8 Å². The maximum absolute atomic E-state index is 12.3. The molecule has 2 heterocycles. The molecule has 140 valence electrons. The van der Waals surface area contributed by atoms with Crippen molar-refractivity contribution in [2.75, 3.05) is 11.9 Å². The summed E-state index contributed by atoms with van der Waals surface area (Å²) in [5, 5.41) is 17.3. The van der Waals surface area contributed by atoms with Crippen LogP contribution in [0.5, 0.6) is 0 Å². The Morgan fingerprint density at radius 1 is 1.19 bits per heavy atom. The van der Waals surface area contributed by atoms with Crippen LogP contribution in [0.15, 0.2) is 54.7 Å². The highest BCUT2D eigenvalue weighted by Crippen LogP contribution is 2.23. The molecule has 0 saturated carbocycles. The van der Waals surface area contributed by atoms with E-state index >= 15 is 0 Å². The number of aryl methyl sites for hydroxylation is 1. The van der Waals surface area contributed by atoms with E-state index in [9.17, 15) is 9.90 Å². The fourth-order valence-electron chi connectivity index (χ4n) is 2.73. The number of aliphatic hydroxyl groups excluding tert-OH is 1. The number of pyridine rings is 1. The largest absolute Gasteiger partial charge is 0.394 e. The fourth-order valence-corrected chi connectivity index (χ4v) is 2.85. The highest BCUT2D eigenvalue weighted by atomic mass is 35.5. The lowest BCUT2D eigenvalue weighted by molar-refractivity contribution is -0.116. The molecular formula is C20H21ClN4O2. The van der Waals surface area contributed by atoms with E-state index < -0.39 is 0 Å². The van der Waals surface area contributed by atoms with Gasteiger partial charge in [-0.15, -0.1) is 0 Å². The van der Waals surface area contributed by atoms with E-state index in [1.807, 2.05) is 30.3 Å². The van der Waals surface area contributed by atoms with E-state index in [2.05, 4.69) is 15.4 Å². The summed E-state index contributed by atoms with van der Waals surface area (Å²) in [6, 6.07) is 14.9. The summed E-state index contributed by atoms with van der Waals surface area (Å²) in [7, 11) is 0. The lowest BCUT2D eigenvalue weighted by Gasteiger charge is -2.07. The van der Waals surface area contributed by atoms with Crippen LogP contribution < -0.4 is 5.32 Å². The number of nitrogens with zero attached hydrogens (tertiary/aromatic N) is 3. The lowest BCUT2D eigenvalue weighted by atomic mass is 10.1. The maximum atomic E-state index is 12.3. The van der Waals surface area contributed by atoms with Gasteiger partial charge in [0.05, 0.1) is 18.8 Å². The van der Waals surface area contributed by atoms with Crippen molar-refractivity contribution in [2.24, 2.45) is 0 Å². The highest BCUT2D eigenvalue weighted by molar-refractivity contribution is 6.30. The van der Waals surface area contributed by atoms with Gasteiger partial charge in [0.25, 0.3) is 0 Å². The Labute approximate surface area is 162 Å². The number of aromatic nitrogens is 3. The summed E-state index contributed by atoms with van der Waals surface area (Å²) in [5.74, 6) is 0.476. The molecule has 0 bridgehead atoms. The average Bonchev–Trinajstić information content (AvgIpc) is 3.06. The molecule has 1 amide bonds. The minimum Gasteiger partial charge on any atom is -0.394 e. The Bertz CT molecular complexity index is 879. The van der Waals surface area contributed by atoms with Crippen LogP contribution in [0.4, 0.5) is 5.82 Å². The predicted molar refractivity (Wildman–Crippen MR) is 106 cm³/mol.